The van der Waals surface area contributed by atoms with Crippen LogP contribution in [0.25, 0.3) is 0 Å². The van der Waals surface area contributed by atoms with Crippen LogP contribution in [0.2, 0.25) is 5.02 Å². The van der Waals surface area contributed by atoms with Crippen LogP contribution >= 0.6 is 11.6 Å². The Hall–Kier alpha value is -1.58. The lowest BCUT2D eigenvalue weighted by Crippen LogP contribution is -2.22. The highest BCUT2D eigenvalue weighted by Crippen LogP contribution is 2.27. The third-order valence-electron chi connectivity index (χ3n) is 2.75. The SMILES string of the molecule is CC(C)NCc1cc(F)ccc1Oc1cccc(Cl)c1. The molecule has 106 valence electrons. The zero-order chi connectivity index (χ0) is 14.5. The fraction of sp³-hybridized carbons (Fsp3) is 0.250. The van der Waals surface area contributed by atoms with Crippen molar-refractivity contribution in [1.82, 2.24) is 5.32 Å². The molecule has 1 N–H and O–H groups in total. The first-order valence-electron chi connectivity index (χ1n) is 6.50. The summed E-state index contributed by atoms with van der Waals surface area (Å²) in [6, 6.07) is 12.0. The van der Waals surface area contributed by atoms with Gasteiger partial charge in [0, 0.05) is 23.2 Å². The van der Waals surface area contributed by atoms with Crippen molar-refractivity contribution in [3.05, 3.63) is 58.9 Å². The van der Waals surface area contributed by atoms with Crippen LogP contribution in [0.5, 0.6) is 11.5 Å². The molecule has 0 bridgehead atoms. The molecule has 0 unspecified atom stereocenters. The Kier molecular flexibility index (Phi) is 4.99. The number of halogens is 2. The van der Waals surface area contributed by atoms with Gasteiger partial charge in [0.05, 0.1) is 0 Å². The van der Waals surface area contributed by atoms with Crippen molar-refractivity contribution >= 4 is 11.6 Å². The zero-order valence-electron chi connectivity index (χ0n) is 11.5. The smallest absolute Gasteiger partial charge is 0.132 e. The highest BCUT2D eigenvalue weighted by atomic mass is 35.5. The van der Waals surface area contributed by atoms with Crippen molar-refractivity contribution in [2.75, 3.05) is 0 Å². The fourth-order valence-corrected chi connectivity index (χ4v) is 1.94. The molecule has 0 saturated heterocycles. The molecule has 0 radical (unpaired) electrons. The van der Waals surface area contributed by atoms with Gasteiger partial charge in [0.1, 0.15) is 17.3 Å². The van der Waals surface area contributed by atoms with Crippen molar-refractivity contribution in [3.8, 4) is 11.5 Å². The van der Waals surface area contributed by atoms with Gasteiger partial charge in [0.15, 0.2) is 0 Å². The number of hydrogen-bond acceptors (Lipinski definition) is 2. The molecule has 2 aromatic rings. The van der Waals surface area contributed by atoms with Crippen LogP contribution in [0.3, 0.4) is 0 Å². The lowest BCUT2D eigenvalue weighted by molar-refractivity contribution is 0.466. The predicted molar refractivity (Wildman–Crippen MR) is 79.9 cm³/mol. The molecule has 4 heteroatoms. The molecule has 2 nitrogen and oxygen atoms in total. The fourth-order valence-electron chi connectivity index (χ4n) is 1.76. The summed E-state index contributed by atoms with van der Waals surface area (Å²) in [5.41, 5.74) is 0.777. The van der Waals surface area contributed by atoms with E-state index in [-0.39, 0.29) is 5.82 Å². The van der Waals surface area contributed by atoms with E-state index in [0.29, 0.717) is 29.1 Å². The number of hydrogen-bond donors (Lipinski definition) is 1. The second kappa shape index (κ2) is 6.73. The Balaban J connectivity index is 2.21. The van der Waals surface area contributed by atoms with Gasteiger partial charge in [-0.2, -0.15) is 0 Å². The first kappa shape index (κ1) is 14.8. The molecule has 0 saturated carbocycles. The highest BCUT2D eigenvalue weighted by Gasteiger charge is 2.08. The summed E-state index contributed by atoms with van der Waals surface area (Å²) >= 11 is 5.93. The van der Waals surface area contributed by atoms with Crippen LogP contribution in [0.4, 0.5) is 4.39 Å². The second-order valence-corrected chi connectivity index (χ2v) is 5.28. The number of ether oxygens (including phenoxy) is 1. The minimum atomic E-state index is -0.274. The molecule has 0 aliphatic rings. The average molecular weight is 294 g/mol. The zero-order valence-corrected chi connectivity index (χ0v) is 12.2. The number of nitrogens with one attached hydrogen (secondary N) is 1. The summed E-state index contributed by atoms with van der Waals surface area (Å²) in [6.45, 7) is 4.62. The van der Waals surface area contributed by atoms with Crippen molar-refractivity contribution in [2.45, 2.75) is 26.4 Å². The van der Waals surface area contributed by atoms with Crippen molar-refractivity contribution < 1.29 is 9.13 Å². The molecule has 20 heavy (non-hydrogen) atoms. The molecule has 0 aliphatic heterocycles. The summed E-state index contributed by atoms with van der Waals surface area (Å²) in [5.74, 6) is 0.987. The Bertz CT molecular complexity index is 586. The number of benzene rings is 2. The van der Waals surface area contributed by atoms with Crippen molar-refractivity contribution in [1.29, 1.82) is 0 Å². The van der Waals surface area contributed by atoms with E-state index in [1.165, 1.54) is 12.1 Å². The minimum absolute atomic E-state index is 0.274. The molecule has 0 spiro atoms. The van der Waals surface area contributed by atoms with Gasteiger partial charge in [0.2, 0.25) is 0 Å². The van der Waals surface area contributed by atoms with Gasteiger partial charge in [-0.1, -0.05) is 31.5 Å². The quantitative estimate of drug-likeness (QED) is 0.857. The molecule has 0 atom stereocenters. The average Bonchev–Trinajstić information content (AvgIpc) is 2.39. The Labute approximate surface area is 123 Å². The largest absolute Gasteiger partial charge is 0.457 e. The summed E-state index contributed by atoms with van der Waals surface area (Å²) < 4.78 is 19.2. The summed E-state index contributed by atoms with van der Waals surface area (Å²) in [4.78, 5) is 0. The molecular formula is C16H17ClFNO. The van der Waals surface area contributed by atoms with Gasteiger partial charge in [-0.25, -0.2) is 4.39 Å². The van der Waals surface area contributed by atoms with E-state index in [2.05, 4.69) is 5.32 Å². The van der Waals surface area contributed by atoms with Gasteiger partial charge >= 0.3 is 0 Å². The van der Waals surface area contributed by atoms with Crippen LogP contribution in [-0.2, 0) is 6.54 Å². The summed E-state index contributed by atoms with van der Waals surface area (Å²) in [5, 5.41) is 3.86. The Morgan fingerprint density at radius 2 is 2.00 bits per heavy atom. The monoisotopic (exact) mass is 293 g/mol. The third-order valence-corrected chi connectivity index (χ3v) is 2.98. The van der Waals surface area contributed by atoms with Crippen molar-refractivity contribution in [2.24, 2.45) is 0 Å². The first-order valence-corrected chi connectivity index (χ1v) is 6.87. The van der Waals surface area contributed by atoms with Gasteiger partial charge in [0.25, 0.3) is 0 Å². The van der Waals surface area contributed by atoms with E-state index in [0.717, 1.165) is 5.56 Å². The molecule has 0 aliphatic carbocycles. The first-order chi connectivity index (χ1) is 9.54. The van der Waals surface area contributed by atoms with Gasteiger partial charge < -0.3 is 10.1 Å². The molecule has 2 rings (SSSR count). The molecule has 0 fully saturated rings. The number of rotatable bonds is 5. The topological polar surface area (TPSA) is 21.3 Å². The van der Waals surface area contributed by atoms with Gasteiger partial charge in [-0.3, -0.25) is 0 Å². The van der Waals surface area contributed by atoms with E-state index in [1.807, 2.05) is 26.0 Å². The van der Waals surface area contributed by atoms with Crippen LogP contribution in [-0.4, -0.2) is 6.04 Å². The van der Waals surface area contributed by atoms with Gasteiger partial charge in [-0.15, -0.1) is 0 Å². The maximum Gasteiger partial charge on any atom is 0.132 e. The molecule has 0 heterocycles. The normalized spacial score (nSPS) is 10.8. The van der Waals surface area contributed by atoms with Crippen LogP contribution in [0, 0.1) is 5.82 Å². The van der Waals surface area contributed by atoms with Crippen LogP contribution in [0.1, 0.15) is 19.4 Å². The molecule has 0 aromatic heterocycles. The van der Waals surface area contributed by atoms with Crippen LogP contribution in [0.15, 0.2) is 42.5 Å². The van der Waals surface area contributed by atoms with E-state index >= 15 is 0 Å². The Morgan fingerprint density at radius 3 is 2.70 bits per heavy atom. The maximum atomic E-state index is 13.4. The van der Waals surface area contributed by atoms with Crippen molar-refractivity contribution in [3.63, 3.8) is 0 Å². The Morgan fingerprint density at radius 1 is 1.20 bits per heavy atom. The van der Waals surface area contributed by atoms with E-state index < -0.39 is 0 Å². The third kappa shape index (κ3) is 4.22. The lowest BCUT2D eigenvalue weighted by Gasteiger charge is -2.14. The van der Waals surface area contributed by atoms with Gasteiger partial charge in [-0.05, 0) is 36.4 Å². The van der Waals surface area contributed by atoms with E-state index in [1.54, 1.807) is 18.2 Å². The predicted octanol–water partition coefficient (Wildman–Crippen LogP) is 4.77. The van der Waals surface area contributed by atoms with E-state index in [9.17, 15) is 4.39 Å². The summed E-state index contributed by atoms with van der Waals surface area (Å²) in [6.07, 6.45) is 0. The minimum Gasteiger partial charge on any atom is -0.457 e. The molecule has 0 amide bonds. The molecular weight excluding hydrogens is 277 g/mol. The highest BCUT2D eigenvalue weighted by molar-refractivity contribution is 6.30. The lowest BCUT2D eigenvalue weighted by atomic mass is 10.2. The van der Waals surface area contributed by atoms with E-state index in [4.69, 9.17) is 16.3 Å². The summed E-state index contributed by atoms with van der Waals surface area (Å²) in [7, 11) is 0. The maximum absolute atomic E-state index is 13.4. The van der Waals surface area contributed by atoms with Crippen LogP contribution < -0.4 is 10.1 Å². The molecule has 2 aromatic carbocycles. The standard InChI is InChI=1S/C16H17ClFNO/c1-11(2)19-10-12-8-14(18)6-7-16(12)20-15-5-3-4-13(17)9-15/h3-9,11,19H,10H2,1-2H3. The second-order valence-electron chi connectivity index (χ2n) is 4.85.